The van der Waals surface area contributed by atoms with Crippen molar-refractivity contribution in [2.75, 3.05) is 11.4 Å². The van der Waals surface area contributed by atoms with E-state index in [1.807, 2.05) is 25.1 Å². The van der Waals surface area contributed by atoms with Gasteiger partial charge < -0.3 is 9.32 Å². The molecule has 22 heavy (non-hydrogen) atoms. The van der Waals surface area contributed by atoms with Crippen molar-refractivity contribution in [2.45, 2.75) is 25.8 Å². The summed E-state index contributed by atoms with van der Waals surface area (Å²) in [6, 6.07) is 11.0. The standard InChI is InChI=1S/C18H17FN2O/c1-12-10-17(14-11-13(19)6-7-15(14)20-12)21-8-2-4-16(21)18-5-3-9-22-18/h3,5-7,9-11,16H,2,4,8H2,1H3. The summed E-state index contributed by atoms with van der Waals surface area (Å²) < 4.78 is 19.3. The third kappa shape index (κ3) is 2.15. The van der Waals surface area contributed by atoms with Crippen LogP contribution in [0.2, 0.25) is 0 Å². The van der Waals surface area contributed by atoms with E-state index in [0.717, 1.165) is 47.4 Å². The van der Waals surface area contributed by atoms with E-state index in [-0.39, 0.29) is 11.9 Å². The molecular weight excluding hydrogens is 279 g/mol. The van der Waals surface area contributed by atoms with Gasteiger partial charge >= 0.3 is 0 Å². The van der Waals surface area contributed by atoms with Crippen LogP contribution in [0.5, 0.6) is 0 Å². The molecule has 4 heteroatoms. The van der Waals surface area contributed by atoms with E-state index in [1.165, 1.54) is 6.07 Å². The van der Waals surface area contributed by atoms with Crippen molar-refractivity contribution in [3.05, 3.63) is 59.9 Å². The molecule has 3 nitrogen and oxygen atoms in total. The summed E-state index contributed by atoms with van der Waals surface area (Å²) in [6.07, 6.45) is 3.86. The molecule has 2 aromatic heterocycles. The number of furan rings is 1. The largest absolute Gasteiger partial charge is 0.467 e. The second-order valence-corrected chi connectivity index (χ2v) is 5.81. The fourth-order valence-corrected chi connectivity index (χ4v) is 3.38. The average Bonchev–Trinajstić information content (AvgIpc) is 3.17. The van der Waals surface area contributed by atoms with Gasteiger partial charge in [0.05, 0.1) is 17.8 Å². The fraction of sp³-hybridized carbons (Fsp3) is 0.278. The van der Waals surface area contributed by atoms with Crippen LogP contribution in [0, 0.1) is 12.7 Å². The minimum atomic E-state index is -0.229. The number of nitrogens with zero attached hydrogens (tertiary/aromatic N) is 2. The number of pyridine rings is 1. The highest BCUT2D eigenvalue weighted by Crippen LogP contribution is 2.39. The highest BCUT2D eigenvalue weighted by Gasteiger charge is 2.29. The molecule has 0 amide bonds. The number of anilines is 1. The van der Waals surface area contributed by atoms with Crippen LogP contribution in [-0.2, 0) is 0 Å². The number of fused-ring (bicyclic) bond motifs is 1. The maximum absolute atomic E-state index is 13.7. The van der Waals surface area contributed by atoms with Gasteiger partial charge in [-0.25, -0.2) is 4.39 Å². The molecule has 3 aromatic rings. The highest BCUT2D eigenvalue weighted by molar-refractivity contribution is 5.92. The third-order valence-corrected chi connectivity index (χ3v) is 4.31. The Kier molecular flexibility index (Phi) is 3.10. The van der Waals surface area contributed by atoms with Gasteiger partial charge in [0.2, 0.25) is 0 Å². The molecule has 0 aliphatic carbocycles. The Hall–Kier alpha value is -2.36. The van der Waals surface area contributed by atoms with Crippen LogP contribution in [0.3, 0.4) is 0 Å². The Bertz CT molecular complexity index is 813. The summed E-state index contributed by atoms with van der Waals surface area (Å²) in [7, 11) is 0. The van der Waals surface area contributed by atoms with E-state index in [1.54, 1.807) is 18.4 Å². The molecule has 1 aliphatic rings. The van der Waals surface area contributed by atoms with E-state index in [9.17, 15) is 4.39 Å². The zero-order valence-corrected chi connectivity index (χ0v) is 12.4. The predicted molar refractivity (Wildman–Crippen MR) is 84.5 cm³/mol. The van der Waals surface area contributed by atoms with Crippen LogP contribution in [0.25, 0.3) is 10.9 Å². The lowest BCUT2D eigenvalue weighted by Crippen LogP contribution is -2.22. The van der Waals surface area contributed by atoms with Crippen molar-refractivity contribution in [1.29, 1.82) is 0 Å². The summed E-state index contributed by atoms with van der Waals surface area (Å²) in [4.78, 5) is 6.83. The molecule has 1 saturated heterocycles. The monoisotopic (exact) mass is 296 g/mol. The smallest absolute Gasteiger partial charge is 0.126 e. The van der Waals surface area contributed by atoms with Crippen molar-refractivity contribution in [3.63, 3.8) is 0 Å². The van der Waals surface area contributed by atoms with Gasteiger partial charge in [0.1, 0.15) is 11.6 Å². The minimum Gasteiger partial charge on any atom is -0.467 e. The normalized spacial score (nSPS) is 18.3. The first-order valence-corrected chi connectivity index (χ1v) is 7.59. The number of benzene rings is 1. The number of aromatic nitrogens is 1. The maximum Gasteiger partial charge on any atom is 0.126 e. The van der Waals surface area contributed by atoms with Crippen molar-refractivity contribution >= 4 is 16.6 Å². The molecule has 0 bridgehead atoms. The molecule has 112 valence electrons. The first kappa shape index (κ1) is 13.3. The summed E-state index contributed by atoms with van der Waals surface area (Å²) in [6.45, 7) is 2.92. The van der Waals surface area contributed by atoms with E-state index < -0.39 is 0 Å². The molecule has 1 aromatic carbocycles. The van der Waals surface area contributed by atoms with Crippen molar-refractivity contribution < 1.29 is 8.81 Å². The first-order chi connectivity index (χ1) is 10.7. The van der Waals surface area contributed by atoms with Gasteiger partial charge in [0.15, 0.2) is 0 Å². The van der Waals surface area contributed by atoms with E-state index in [0.29, 0.717) is 0 Å². The van der Waals surface area contributed by atoms with Crippen LogP contribution >= 0.6 is 0 Å². The van der Waals surface area contributed by atoms with Gasteiger partial charge in [0, 0.05) is 23.3 Å². The van der Waals surface area contributed by atoms with Crippen LogP contribution in [0.4, 0.5) is 10.1 Å². The van der Waals surface area contributed by atoms with Gasteiger partial charge in [-0.15, -0.1) is 0 Å². The zero-order valence-electron chi connectivity index (χ0n) is 12.4. The Balaban J connectivity index is 1.87. The summed E-state index contributed by atoms with van der Waals surface area (Å²) >= 11 is 0. The van der Waals surface area contributed by atoms with Crippen LogP contribution in [0.1, 0.15) is 30.3 Å². The quantitative estimate of drug-likeness (QED) is 0.691. The second-order valence-electron chi connectivity index (χ2n) is 5.81. The topological polar surface area (TPSA) is 29.3 Å². The van der Waals surface area contributed by atoms with Crippen molar-refractivity contribution in [1.82, 2.24) is 4.98 Å². The molecule has 1 unspecified atom stereocenters. The third-order valence-electron chi connectivity index (χ3n) is 4.31. The SMILES string of the molecule is Cc1cc(N2CCCC2c2ccco2)c2cc(F)ccc2n1. The molecule has 0 spiro atoms. The fourth-order valence-electron chi connectivity index (χ4n) is 3.38. The predicted octanol–water partition coefficient (Wildman–Crippen LogP) is 4.62. The van der Waals surface area contributed by atoms with E-state index in [2.05, 4.69) is 9.88 Å². The number of aryl methyl sites for hydroxylation is 1. The van der Waals surface area contributed by atoms with Gasteiger partial charge in [-0.2, -0.15) is 0 Å². The van der Waals surface area contributed by atoms with Gasteiger partial charge in [-0.1, -0.05) is 0 Å². The van der Waals surface area contributed by atoms with Crippen LogP contribution in [-0.4, -0.2) is 11.5 Å². The van der Waals surface area contributed by atoms with E-state index in [4.69, 9.17) is 4.42 Å². The van der Waals surface area contributed by atoms with Crippen molar-refractivity contribution in [3.8, 4) is 0 Å². The molecule has 1 aliphatic heterocycles. The molecule has 4 rings (SSSR count). The molecule has 0 N–H and O–H groups in total. The number of hydrogen-bond acceptors (Lipinski definition) is 3. The lowest BCUT2D eigenvalue weighted by Gasteiger charge is -2.27. The molecule has 0 radical (unpaired) electrons. The molecule has 0 saturated carbocycles. The van der Waals surface area contributed by atoms with Crippen LogP contribution in [0.15, 0.2) is 47.1 Å². The Morgan fingerprint density at radius 3 is 3.00 bits per heavy atom. The van der Waals surface area contributed by atoms with Crippen LogP contribution < -0.4 is 4.90 Å². The van der Waals surface area contributed by atoms with Gasteiger partial charge in [-0.05, 0) is 56.2 Å². The molecule has 1 atom stereocenters. The molecule has 3 heterocycles. The van der Waals surface area contributed by atoms with Crippen molar-refractivity contribution in [2.24, 2.45) is 0 Å². The maximum atomic E-state index is 13.7. The van der Waals surface area contributed by atoms with E-state index >= 15 is 0 Å². The average molecular weight is 296 g/mol. The minimum absolute atomic E-state index is 0.211. The lowest BCUT2D eigenvalue weighted by atomic mass is 10.1. The summed E-state index contributed by atoms with van der Waals surface area (Å²) in [5.74, 6) is 0.740. The number of hydrogen-bond donors (Lipinski definition) is 0. The Morgan fingerprint density at radius 1 is 1.27 bits per heavy atom. The zero-order chi connectivity index (χ0) is 15.1. The first-order valence-electron chi connectivity index (χ1n) is 7.59. The Morgan fingerprint density at radius 2 is 2.18 bits per heavy atom. The number of halogens is 1. The molecular formula is C18H17FN2O. The number of rotatable bonds is 2. The Labute approximate surface area is 128 Å². The highest BCUT2D eigenvalue weighted by atomic mass is 19.1. The summed E-state index contributed by atoms with van der Waals surface area (Å²) in [5, 5.41) is 0.865. The molecule has 1 fully saturated rings. The van der Waals surface area contributed by atoms with Gasteiger partial charge in [0.25, 0.3) is 0 Å². The lowest BCUT2D eigenvalue weighted by molar-refractivity contribution is 0.465. The second kappa shape index (κ2) is 5.13. The van der Waals surface area contributed by atoms with Gasteiger partial charge in [-0.3, -0.25) is 4.98 Å². The summed E-state index contributed by atoms with van der Waals surface area (Å²) in [5.41, 5.74) is 2.82.